The van der Waals surface area contributed by atoms with Crippen LogP contribution in [0.2, 0.25) is 14.8 Å². The van der Waals surface area contributed by atoms with Gasteiger partial charge in [0.1, 0.15) is 0 Å². The molecule has 0 amide bonds. The van der Waals surface area contributed by atoms with Crippen LogP contribution in [0.5, 0.6) is 5.75 Å². The van der Waals surface area contributed by atoms with E-state index in [0.717, 1.165) is 25.3 Å². The number of ether oxygens (including phenoxy) is 1. The number of rotatable bonds is 18. The van der Waals surface area contributed by atoms with Crippen molar-refractivity contribution >= 4 is 75.7 Å². The molecular weight excluding hydrogens is 641 g/mol. The minimum absolute atomic E-state index is 0.841. The van der Waals surface area contributed by atoms with E-state index in [2.05, 4.69) is 69.7 Å². The van der Waals surface area contributed by atoms with Gasteiger partial charge in [0.15, 0.2) is 0 Å². The summed E-state index contributed by atoms with van der Waals surface area (Å²) in [6, 6.07) is 7.46. The Labute approximate surface area is 254 Å². The van der Waals surface area contributed by atoms with E-state index >= 15 is 0 Å². The van der Waals surface area contributed by atoms with Crippen LogP contribution in [0.25, 0.3) is 30.2 Å². The van der Waals surface area contributed by atoms with Crippen molar-refractivity contribution in [1.82, 2.24) is 4.57 Å². The first kappa shape index (κ1) is 31.4. The molecule has 0 atom stereocenters. The van der Waals surface area contributed by atoms with Crippen LogP contribution in [-0.2, 0) is 13.0 Å². The Balaban J connectivity index is 1.68. The SMILES string of the molecule is CCCCCCOc1c[c]([Sn]([CH3])([CH3])[CH3])sc1-c1cc2c(s1)c1sc(CCCCCC)cc1n2CCCCCC. The summed E-state index contributed by atoms with van der Waals surface area (Å²) in [6.07, 6.45) is 16.8. The third kappa shape index (κ3) is 8.07. The molecule has 0 saturated carbocycles. The summed E-state index contributed by atoms with van der Waals surface area (Å²) in [5.41, 5.74) is 2.94. The second-order valence-electron chi connectivity index (χ2n) is 12.2. The van der Waals surface area contributed by atoms with E-state index in [1.54, 1.807) is 7.77 Å². The zero-order chi connectivity index (χ0) is 27.8. The Morgan fingerprint density at radius 3 is 2.03 bits per heavy atom. The van der Waals surface area contributed by atoms with Gasteiger partial charge >= 0.3 is 229 Å². The normalized spacial score (nSPS) is 12.4. The molecule has 0 aliphatic heterocycles. The van der Waals surface area contributed by atoms with E-state index < -0.39 is 18.4 Å². The molecule has 0 fully saturated rings. The topological polar surface area (TPSA) is 14.2 Å². The van der Waals surface area contributed by atoms with Crippen LogP contribution in [-0.4, -0.2) is 29.6 Å². The van der Waals surface area contributed by atoms with Crippen molar-refractivity contribution in [2.45, 2.75) is 126 Å². The van der Waals surface area contributed by atoms with Crippen LogP contribution in [0, 0.1) is 0 Å². The smallest absolute Gasteiger partial charge is 0.0654 e. The predicted molar refractivity (Wildman–Crippen MR) is 183 cm³/mol. The zero-order valence-electron chi connectivity index (χ0n) is 25.4. The van der Waals surface area contributed by atoms with E-state index in [1.807, 2.05) is 22.7 Å². The van der Waals surface area contributed by atoms with Gasteiger partial charge in [-0.2, -0.15) is 0 Å². The number of hydrogen-bond donors (Lipinski definition) is 0. The van der Waals surface area contributed by atoms with Gasteiger partial charge in [-0.3, -0.25) is 0 Å². The second kappa shape index (κ2) is 15.1. The molecule has 216 valence electrons. The number of hydrogen-bond acceptors (Lipinski definition) is 4. The first-order valence-corrected chi connectivity index (χ1v) is 28.1. The van der Waals surface area contributed by atoms with Gasteiger partial charge in [0.05, 0.1) is 0 Å². The average molecular weight is 693 g/mol. The van der Waals surface area contributed by atoms with Crippen molar-refractivity contribution in [3.05, 3.63) is 23.1 Å². The molecule has 0 aromatic carbocycles. The molecule has 0 radical (unpaired) electrons. The summed E-state index contributed by atoms with van der Waals surface area (Å²) >= 11 is 3.91. The van der Waals surface area contributed by atoms with Crippen molar-refractivity contribution in [3.8, 4) is 15.5 Å². The monoisotopic (exact) mass is 693 g/mol. The molecule has 0 spiro atoms. The van der Waals surface area contributed by atoms with Crippen LogP contribution >= 0.6 is 34.0 Å². The Kier molecular flexibility index (Phi) is 12.2. The van der Waals surface area contributed by atoms with Crippen LogP contribution in [0.1, 0.15) is 103 Å². The molecule has 6 heteroatoms. The Morgan fingerprint density at radius 2 is 1.33 bits per heavy atom. The van der Waals surface area contributed by atoms with Gasteiger partial charge in [-0.1, -0.05) is 26.7 Å². The van der Waals surface area contributed by atoms with Crippen molar-refractivity contribution in [1.29, 1.82) is 0 Å². The van der Waals surface area contributed by atoms with Gasteiger partial charge in [0.2, 0.25) is 0 Å². The van der Waals surface area contributed by atoms with Gasteiger partial charge in [0, 0.05) is 0 Å². The summed E-state index contributed by atoms with van der Waals surface area (Å²) < 4.78 is 13.8. The van der Waals surface area contributed by atoms with Crippen LogP contribution < -0.4 is 7.63 Å². The summed E-state index contributed by atoms with van der Waals surface area (Å²) in [5, 5.41) is 0. The summed E-state index contributed by atoms with van der Waals surface area (Å²) in [5.74, 6) is 1.15. The van der Waals surface area contributed by atoms with Crippen LogP contribution in [0.3, 0.4) is 0 Å². The van der Waals surface area contributed by atoms with Crippen LogP contribution in [0.4, 0.5) is 0 Å². The summed E-state index contributed by atoms with van der Waals surface area (Å²) in [7, 11) is 0. The second-order valence-corrected chi connectivity index (χ2v) is 30.9. The van der Waals surface area contributed by atoms with Crippen molar-refractivity contribution in [2.75, 3.05) is 6.61 Å². The molecule has 4 aromatic rings. The molecule has 0 N–H and O–H groups in total. The molecule has 0 aliphatic rings. The Morgan fingerprint density at radius 1 is 0.692 bits per heavy atom. The maximum atomic E-state index is 6.51. The molecule has 4 rings (SSSR count). The first-order valence-electron chi connectivity index (χ1n) is 15.7. The molecule has 39 heavy (non-hydrogen) atoms. The Bertz CT molecular complexity index is 1300. The number of aromatic nitrogens is 1. The molecule has 4 aromatic heterocycles. The standard InChI is InChI=1S/C30H42NOS3.3CH3.Sn/c1-4-7-10-13-16-23-21-24-28(34-23)29-25(31(24)18-14-11-8-5-2)22-27(35-29)30-26(17-20-33-30)32-19-15-12-9-6-3;;;;/h17,21-22H,4-16,18-19H2,1-3H3;3*1H3;. The predicted octanol–water partition coefficient (Wildman–Crippen LogP) is 11.9. The fraction of sp³-hybridized carbons (Fsp3) is 0.636. The van der Waals surface area contributed by atoms with Gasteiger partial charge in [-0.15, -0.1) is 0 Å². The third-order valence-electron chi connectivity index (χ3n) is 7.69. The Hall–Kier alpha value is -0.501. The van der Waals surface area contributed by atoms with Gasteiger partial charge in [0.25, 0.3) is 0 Å². The molecule has 0 unspecified atom stereocenters. The molecule has 2 nitrogen and oxygen atoms in total. The van der Waals surface area contributed by atoms with Crippen molar-refractivity contribution < 1.29 is 4.74 Å². The third-order valence-corrected chi connectivity index (χ3v) is 20.9. The quantitative estimate of drug-likeness (QED) is 0.0748. The molecule has 0 aliphatic carbocycles. The van der Waals surface area contributed by atoms with E-state index in [4.69, 9.17) is 4.74 Å². The van der Waals surface area contributed by atoms with E-state index in [1.165, 1.54) is 107 Å². The average Bonchev–Trinajstić information content (AvgIpc) is 3.66. The number of aryl methyl sites for hydroxylation is 2. The minimum atomic E-state index is -2.21. The van der Waals surface area contributed by atoms with Gasteiger partial charge in [-0.25, -0.2) is 0 Å². The van der Waals surface area contributed by atoms with E-state index in [9.17, 15) is 0 Å². The number of thiophene rings is 3. The van der Waals surface area contributed by atoms with Crippen molar-refractivity contribution in [2.24, 2.45) is 0 Å². The van der Waals surface area contributed by atoms with Gasteiger partial charge < -0.3 is 0 Å². The summed E-state index contributed by atoms with van der Waals surface area (Å²) in [6.45, 7) is 8.86. The number of fused-ring (bicyclic) bond motifs is 3. The van der Waals surface area contributed by atoms with Gasteiger partial charge in [-0.05, 0) is 0 Å². The number of nitrogens with zero attached hydrogens (tertiary/aromatic N) is 1. The van der Waals surface area contributed by atoms with E-state index in [-0.39, 0.29) is 0 Å². The van der Waals surface area contributed by atoms with Crippen molar-refractivity contribution in [3.63, 3.8) is 0 Å². The fourth-order valence-corrected chi connectivity index (χ4v) is 14.2. The zero-order valence-corrected chi connectivity index (χ0v) is 30.7. The molecule has 4 heterocycles. The maximum absolute atomic E-state index is 6.51. The first-order chi connectivity index (χ1) is 18.9. The molecule has 0 saturated heterocycles. The molecule has 0 bridgehead atoms. The van der Waals surface area contributed by atoms with Crippen LogP contribution in [0.15, 0.2) is 18.2 Å². The summed E-state index contributed by atoms with van der Waals surface area (Å²) in [4.78, 5) is 12.0. The minimum Gasteiger partial charge on any atom is -0.0654 e. The number of unbranched alkanes of at least 4 members (excludes halogenated alkanes) is 9. The molecular formula is C33H51NOS3Sn. The fourth-order valence-electron chi connectivity index (χ4n) is 5.30. The van der Waals surface area contributed by atoms with E-state index in [0.29, 0.717) is 0 Å².